The van der Waals surface area contributed by atoms with Crippen LogP contribution < -0.4 is 5.32 Å². The third-order valence-electron chi connectivity index (χ3n) is 2.26. The zero-order valence-corrected chi connectivity index (χ0v) is 11.2. The molecule has 6 heteroatoms. The largest absolute Gasteiger partial charge is 0.481 e. The van der Waals surface area contributed by atoms with Gasteiger partial charge in [0.2, 0.25) is 5.91 Å². The summed E-state index contributed by atoms with van der Waals surface area (Å²) in [6.07, 6.45) is 0.0365. The topological polar surface area (TPSA) is 90.2 Å². The predicted molar refractivity (Wildman–Crippen MR) is 74.0 cm³/mol. The number of carbonyl (C=O) groups is 2. The Morgan fingerprint density at radius 3 is 2.58 bits per heavy atom. The summed E-state index contributed by atoms with van der Waals surface area (Å²) in [5.74, 6) is -0.853. The maximum Gasteiger partial charge on any atom is 0.304 e. The van der Waals surface area contributed by atoms with Gasteiger partial charge in [-0.05, 0) is 24.3 Å². The molecule has 1 rings (SSSR count). The molecule has 5 nitrogen and oxygen atoms in total. The molecule has 1 amide bonds. The van der Waals surface area contributed by atoms with E-state index < -0.39 is 5.97 Å². The van der Waals surface area contributed by atoms with Crippen LogP contribution in [0.15, 0.2) is 24.3 Å². The van der Waals surface area contributed by atoms with Crippen LogP contribution in [0.1, 0.15) is 18.9 Å². The maximum atomic E-state index is 11.6. The van der Waals surface area contributed by atoms with E-state index in [1.165, 1.54) is 11.8 Å². The van der Waals surface area contributed by atoms with Gasteiger partial charge in [-0.3, -0.25) is 9.59 Å². The number of carbonyl (C=O) groups excluding carboxylic acids is 1. The van der Waals surface area contributed by atoms with Gasteiger partial charge in [0.05, 0.1) is 23.8 Å². The number of hydrogen-bond acceptors (Lipinski definition) is 4. The minimum atomic E-state index is -0.868. The van der Waals surface area contributed by atoms with Crippen molar-refractivity contribution >= 4 is 29.3 Å². The van der Waals surface area contributed by atoms with Crippen LogP contribution in [0, 0.1) is 11.3 Å². The van der Waals surface area contributed by atoms with Crippen LogP contribution in [0.2, 0.25) is 0 Å². The van der Waals surface area contributed by atoms with Gasteiger partial charge in [0.15, 0.2) is 0 Å². The number of nitriles is 1. The number of anilines is 1. The Balaban J connectivity index is 2.38. The summed E-state index contributed by atoms with van der Waals surface area (Å²) < 4.78 is 0. The molecule has 0 saturated carbocycles. The van der Waals surface area contributed by atoms with Gasteiger partial charge in [0.25, 0.3) is 0 Å². The standard InChI is InChI=1S/C13H14N2O3S/c1-9(6-13(17)18)19-8-12(16)15-11-4-2-10(7-14)3-5-11/h2-5,9H,6,8H2,1H3,(H,15,16)(H,17,18). The van der Waals surface area contributed by atoms with Crippen molar-refractivity contribution in [2.75, 3.05) is 11.1 Å². The van der Waals surface area contributed by atoms with Crippen LogP contribution in [-0.4, -0.2) is 28.0 Å². The molecule has 0 heterocycles. The highest BCUT2D eigenvalue weighted by molar-refractivity contribution is 8.00. The highest BCUT2D eigenvalue weighted by atomic mass is 32.2. The second kappa shape index (κ2) is 7.44. The quantitative estimate of drug-likeness (QED) is 0.831. The van der Waals surface area contributed by atoms with E-state index in [4.69, 9.17) is 10.4 Å². The lowest BCUT2D eigenvalue weighted by Gasteiger charge is -2.09. The van der Waals surface area contributed by atoms with Gasteiger partial charge in [-0.15, -0.1) is 11.8 Å². The average molecular weight is 278 g/mol. The Bertz CT molecular complexity index is 494. The van der Waals surface area contributed by atoms with Crippen LogP contribution in [-0.2, 0) is 9.59 Å². The molecule has 0 bridgehead atoms. The molecule has 1 unspecified atom stereocenters. The number of nitrogens with zero attached hydrogens (tertiary/aromatic N) is 1. The van der Waals surface area contributed by atoms with Crippen molar-refractivity contribution in [2.45, 2.75) is 18.6 Å². The number of carboxylic acids is 1. The monoisotopic (exact) mass is 278 g/mol. The summed E-state index contributed by atoms with van der Waals surface area (Å²) in [7, 11) is 0. The first-order valence-corrected chi connectivity index (χ1v) is 6.69. The Hall–Kier alpha value is -2.00. The lowest BCUT2D eigenvalue weighted by Crippen LogP contribution is -2.16. The molecule has 0 radical (unpaired) electrons. The van der Waals surface area contributed by atoms with E-state index >= 15 is 0 Å². The average Bonchev–Trinajstić information content (AvgIpc) is 2.36. The molecule has 1 atom stereocenters. The summed E-state index contributed by atoms with van der Waals surface area (Å²) >= 11 is 1.29. The normalized spacial score (nSPS) is 11.4. The first-order chi connectivity index (χ1) is 9.01. The van der Waals surface area contributed by atoms with Crippen LogP contribution >= 0.6 is 11.8 Å². The molecule has 0 aliphatic rings. The smallest absolute Gasteiger partial charge is 0.304 e. The molecule has 0 fully saturated rings. The van der Waals surface area contributed by atoms with Crippen molar-refractivity contribution in [3.63, 3.8) is 0 Å². The minimum Gasteiger partial charge on any atom is -0.481 e. The second-order valence-corrected chi connectivity index (χ2v) is 5.38. The third-order valence-corrected chi connectivity index (χ3v) is 3.42. The van der Waals surface area contributed by atoms with Crippen molar-refractivity contribution in [2.24, 2.45) is 0 Å². The molecule has 0 aromatic heterocycles. The van der Waals surface area contributed by atoms with Crippen LogP contribution in [0.25, 0.3) is 0 Å². The minimum absolute atomic E-state index is 0.0365. The van der Waals surface area contributed by atoms with Crippen molar-refractivity contribution in [1.82, 2.24) is 0 Å². The van der Waals surface area contributed by atoms with Gasteiger partial charge in [0.1, 0.15) is 0 Å². The Morgan fingerprint density at radius 2 is 2.05 bits per heavy atom. The van der Waals surface area contributed by atoms with E-state index in [2.05, 4.69) is 5.32 Å². The number of benzene rings is 1. The van der Waals surface area contributed by atoms with Crippen molar-refractivity contribution in [1.29, 1.82) is 5.26 Å². The Morgan fingerprint density at radius 1 is 1.42 bits per heavy atom. The van der Waals surface area contributed by atoms with E-state index in [1.54, 1.807) is 31.2 Å². The van der Waals surface area contributed by atoms with Crippen LogP contribution in [0.3, 0.4) is 0 Å². The molecule has 2 N–H and O–H groups in total. The summed E-state index contributed by atoms with van der Waals surface area (Å²) in [4.78, 5) is 22.1. The van der Waals surface area contributed by atoms with Crippen molar-refractivity contribution in [3.8, 4) is 6.07 Å². The predicted octanol–water partition coefficient (Wildman–Crippen LogP) is 2.09. The summed E-state index contributed by atoms with van der Waals surface area (Å²) in [5, 5.41) is 19.8. The van der Waals surface area contributed by atoms with E-state index in [0.29, 0.717) is 11.3 Å². The molecule has 0 aliphatic carbocycles. The first-order valence-electron chi connectivity index (χ1n) is 5.64. The number of thioether (sulfide) groups is 1. The van der Waals surface area contributed by atoms with Gasteiger partial charge in [-0.1, -0.05) is 6.92 Å². The number of hydrogen-bond donors (Lipinski definition) is 2. The van der Waals surface area contributed by atoms with Crippen molar-refractivity contribution in [3.05, 3.63) is 29.8 Å². The first kappa shape index (κ1) is 15.1. The van der Waals surface area contributed by atoms with Crippen molar-refractivity contribution < 1.29 is 14.7 Å². The zero-order valence-electron chi connectivity index (χ0n) is 10.4. The molecule has 1 aromatic rings. The number of amides is 1. The number of carboxylic acid groups (broad SMARTS) is 1. The van der Waals surface area contributed by atoms with Gasteiger partial charge in [-0.25, -0.2) is 0 Å². The summed E-state index contributed by atoms with van der Waals surface area (Å²) in [6, 6.07) is 8.54. The van der Waals surface area contributed by atoms with Crippen LogP contribution in [0.4, 0.5) is 5.69 Å². The molecule has 100 valence electrons. The second-order valence-electron chi connectivity index (χ2n) is 3.96. The van der Waals surface area contributed by atoms with Gasteiger partial charge < -0.3 is 10.4 Å². The lowest BCUT2D eigenvalue weighted by molar-refractivity contribution is -0.136. The molecule has 19 heavy (non-hydrogen) atoms. The van der Waals surface area contributed by atoms with E-state index in [0.717, 1.165) is 0 Å². The fraction of sp³-hybridized carbons (Fsp3) is 0.308. The number of aliphatic carboxylic acids is 1. The Kier molecular flexibility index (Phi) is 5.90. The third kappa shape index (κ3) is 5.93. The maximum absolute atomic E-state index is 11.6. The Labute approximate surface area is 115 Å². The molecular weight excluding hydrogens is 264 g/mol. The highest BCUT2D eigenvalue weighted by Gasteiger charge is 2.10. The fourth-order valence-electron chi connectivity index (χ4n) is 1.35. The van der Waals surface area contributed by atoms with E-state index in [1.807, 2.05) is 6.07 Å². The number of nitrogens with one attached hydrogen (secondary N) is 1. The molecule has 0 spiro atoms. The summed E-state index contributed by atoms with van der Waals surface area (Å²) in [6.45, 7) is 1.77. The van der Waals surface area contributed by atoms with E-state index in [9.17, 15) is 9.59 Å². The number of rotatable bonds is 6. The van der Waals surface area contributed by atoms with Gasteiger partial charge >= 0.3 is 5.97 Å². The molecular formula is C13H14N2O3S. The molecule has 0 aliphatic heterocycles. The SMILES string of the molecule is CC(CC(=O)O)SCC(=O)Nc1ccc(C#N)cc1. The molecule has 0 saturated heterocycles. The summed E-state index contributed by atoms with van der Waals surface area (Å²) in [5.41, 5.74) is 1.15. The fourth-order valence-corrected chi connectivity index (χ4v) is 2.12. The van der Waals surface area contributed by atoms with Gasteiger partial charge in [-0.2, -0.15) is 5.26 Å². The zero-order chi connectivity index (χ0) is 14.3. The molecule has 1 aromatic carbocycles. The highest BCUT2D eigenvalue weighted by Crippen LogP contribution is 2.15. The van der Waals surface area contributed by atoms with Gasteiger partial charge in [0, 0.05) is 10.9 Å². The van der Waals surface area contributed by atoms with Crippen LogP contribution in [0.5, 0.6) is 0 Å². The lowest BCUT2D eigenvalue weighted by atomic mass is 10.2. The van der Waals surface area contributed by atoms with E-state index in [-0.39, 0.29) is 23.3 Å².